The zero-order valence-electron chi connectivity index (χ0n) is 17.4. The van der Waals surface area contributed by atoms with E-state index in [0.29, 0.717) is 17.3 Å². The molecule has 2 aromatic carbocycles. The predicted molar refractivity (Wildman–Crippen MR) is 116 cm³/mol. The molecule has 158 valence electrons. The number of nitro groups is 1. The quantitative estimate of drug-likeness (QED) is 0.391. The van der Waals surface area contributed by atoms with Crippen molar-refractivity contribution in [2.45, 2.75) is 38.1 Å². The number of nitrogens with zero attached hydrogens (tertiary/aromatic N) is 3. The van der Waals surface area contributed by atoms with Gasteiger partial charge in [0.25, 0.3) is 5.69 Å². The number of anilines is 1. The number of hydrogen-bond donors (Lipinski definition) is 0. The second-order valence-electron chi connectivity index (χ2n) is 7.81. The minimum atomic E-state index is -0.537. The lowest BCUT2D eigenvalue weighted by Crippen LogP contribution is -2.42. The van der Waals surface area contributed by atoms with Crippen LogP contribution in [0.3, 0.4) is 0 Å². The minimum Gasteiger partial charge on any atom is -0.314 e. The van der Waals surface area contributed by atoms with Crippen LogP contribution < -0.4 is 4.90 Å². The van der Waals surface area contributed by atoms with Gasteiger partial charge < -0.3 is 4.90 Å². The molecule has 0 bridgehead atoms. The van der Waals surface area contributed by atoms with Gasteiger partial charge in [0, 0.05) is 30.8 Å². The van der Waals surface area contributed by atoms with E-state index >= 15 is 0 Å². The molecule has 0 heterocycles. The third-order valence-corrected chi connectivity index (χ3v) is 5.79. The first-order valence-corrected chi connectivity index (χ1v) is 10.2. The number of amides is 1. The lowest BCUT2D eigenvalue weighted by atomic mass is 9.94. The number of hydrogen-bond acceptors (Lipinski definition) is 5. The molecule has 2 aromatic rings. The second kappa shape index (κ2) is 9.63. The van der Waals surface area contributed by atoms with Crippen LogP contribution in [0.15, 0.2) is 48.5 Å². The van der Waals surface area contributed by atoms with Crippen molar-refractivity contribution in [3.8, 4) is 0 Å². The number of benzene rings is 2. The standard InChI is InChI=1S/C23H27N3O4/c1-24(18-11-7-4-8-12-18)16-22(27)25(2)21-14-13-19(26(29)30)15-20(21)23(28)17-9-5-3-6-10-17/h3,5-6,9-10,13-15,18H,4,7-8,11-12,16H2,1-2H3. The maximum absolute atomic E-state index is 13.1. The van der Waals surface area contributed by atoms with Crippen LogP contribution in [0.25, 0.3) is 0 Å². The van der Waals surface area contributed by atoms with Crippen LogP contribution in [-0.4, -0.2) is 48.2 Å². The van der Waals surface area contributed by atoms with E-state index in [-0.39, 0.29) is 29.5 Å². The molecule has 0 aromatic heterocycles. The Balaban J connectivity index is 1.87. The van der Waals surface area contributed by atoms with Crippen LogP contribution in [-0.2, 0) is 4.79 Å². The summed E-state index contributed by atoms with van der Waals surface area (Å²) >= 11 is 0. The largest absolute Gasteiger partial charge is 0.314 e. The number of rotatable bonds is 7. The van der Waals surface area contributed by atoms with Crippen molar-refractivity contribution in [1.29, 1.82) is 0 Å². The van der Waals surface area contributed by atoms with Crippen molar-refractivity contribution in [3.05, 3.63) is 69.8 Å². The molecular weight excluding hydrogens is 382 g/mol. The van der Waals surface area contributed by atoms with E-state index < -0.39 is 4.92 Å². The topological polar surface area (TPSA) is 83.8 Å². The van der Waals surface area contributed by atoms with E-state index in [2.05, 4.69) is 4.90 Å². The van der Waals surface area contributed by atoms with Gasteiger partial charge in [0.2, 0.25) is 5.91 Å². The first-order chi connectivity index (χ1) is 14.4. The first kappa shape index (κ1) is 21.6. The van der Waals surface area contributed by atoms with E-state index in [1.54, 1.807) is 37.4 Å². The van der Waals surface area contributed by atoms with Gasteiger partial charge >= 0.3 is 0 Å². The Labute approximate surface area is 176 Å². The van der Waals surface area contributed by atoms with Gasteiger partial charge in [-0.05, 0) is 26.0 Å². The number of non-ortho nitro benzene ring substituents is 1. The number of carbonyl (C=O) groups excluding carboxylic acids is 2. The summed E-state index contributed by atoms with van der Waals surface area (Å²) in [4.78, 5) is 40.3. The number of ketones is 1. The fraction of sp³-hybridized carbons (Fsp3) is 0.391. The average Bonchev–Trinajstić information content (AvgIpc) is 2.78. The van der Waals surface area contributed by atoms with Crippen molar-refractivity contribution >= 4 is 23.1 Å². The highest BCUT2D eigenvalue weighted by molar-refractivity contribution is 6.14. The average molecular weight is 409 g/mol. The third-order valence-electron chi connectivity index (χ3n) is 5.79. The lowest BCUT2D eigenvalue weighted by Gasteiger charge is -2.32. The fourth-order valence-electron chi connectivity index (χ4n) is 3.96. The highest BCUT2D eigenvalue weighted by atomic mass is 16.6. The van der Waals surface area contributed by atoms with E-state index in [0.717, 1.165) is 12.8 Å². The fourth-order valence-corrected chi connectivity index (χ4v) is 3.96. The summed E-state index contributed by atoms with van der Waals surface area (Å²) in [5.41, 5.74) is 0.751. The molecule has 1 aliphatic carbocycles. The van der Waals surface area contributed by atoms with E-state index in [4.69, 9.17) is 0 Å². The molecule has 0 unspecified atom stereocenters. The number of nitro benzene ring substituents is 1. The summed E-state index contributed by atoms with van der Waals surface area (Å²) in [6.45, 7) is 0.233. The molecule has 1 aliphatic rings. The zero-order valence-corrected chi connectivity index (χ0v) is 17.4. The molecule has 0 atom stereocenters. The van der Waals surface area contributed by atoms with Crippen LogP contribution >= 0.6 is 0 Å². The van der Waals surface area contributed by atoms with Crippen LogP contribution in [0, 0.1) is 10.1 Å². The molecule has 1 saturated carbocycles. The summed E-state index contributed by atoms with van der Waals surface area (Å²) in [5, 5.41) is 11.3. The number of likely N-dealkylation sites (N-methyl/N-ethyl adjacent to an activating group) is 2. The van der Waals surface area contributed by atoms with Gasteiger partial charge in [0.05, 0.1) is 22.7 Å². The molecule has 0 radical (unpaired) electrons. The zero-order chi connectivity index (χ0) is 21.7. The SMILES string of the molecule is CN(C(=O)CN(C)C1CCCCC1)c1ccc([N+](=O)[O-])cc1C(=O)c1ccccc1. The van der Waals surface area contributed by atoms with Gasteiger partial charge in [-0.2, -0.15) is 0 Å². The second-order valence-corrected chi connectivity index (χ2v) is 7.81. The summed E-state index contributed by atoms with van der Waals surface area (Å²) in [6.07, 6.45) is 5.77. The van der Waals surface area contributed by atoms with E-state index in [1.165, 1.54) is 42.4 Å². The molecule has 0 aliphatic heterocycles. The van der Waals surface area contributed by atoms with Gasteiger partial charge in [-0.3, -0.25) is 24.6 Å². The van der Waals surface area contributed by atoms with E-state index in [9.17, 15) is 19.7 Å². The first-order valence-electron chi connectivity index (χ1n) is 10.2. The molecule has 7 nitrogen and oxygen atoms in total. The molecule has 0 saturated heterocycles. The van der Waals surface area contributed by atoms with Crippen LogP contribution in [0.2, 0.25) is 0 Å². The summed E-state index contributed by atoms with van der Waals surface area (Å²) in [5.74, 6) is -0.506. The smallest absolute Gasteiger partial charge is 0.270 e. The van der Waals surface area contributed by atoms with Crippen LogP contribution in [0.4, 0.5) is 11.4 Å². The molecule has 1 amide bonds. The van der Waals surface area contributed by atoms with Crippen LogP contribution in [0.5, 0.6) is 0 Å². The normalized spacial score (nSPS) is 14.5. The minimum absolute atomic E-state index is 0.145. The van der Waals surface area contributed by atoms with Gasteiger partial charge in [-0.15, -0.1) is 0 Å². The number of carbonyl (C=O) groups is 2. The van der Waals surface area contributed by atoms with E-state index in [1.807, 2.05) is 7.05 Å². The Hall–Kier alpha value is -3.06. The molecule has 1 fully saturated rings. The van der Waals surface area contributed by atoms with Gasteiger partial charge in [-0.25, -0.2) is 0 Å². The maximum Gasteiger partial charge on any atom is 0.270 e. The maximum atomic E-state index is 13.1. The Kier molecular flexibility index (Phi) is 6.95. The van der Waals surface area contributed by atoms with Gasteiger partial charge in [-0.1, -0.05) is 49.6 Å². The van der Waals surface area contributed by atoms with Crippen molar-refractivity contribution in [2.24, 2.45) is 0 Å². The third kappa shape index (κ3) is 4.91. The molecule has 30 heavy (non-hydrogen) atoms. The predicted octanol–water partition coefficient (Wildman–Crippen LogP) is 4.05. The van der Waals surface area contributed by atoms with Crippen LogP contribution in [0.1, 0.15) is 48.0 Å². The molecule has 0 spiro atoms. The summed E-state index contributed by atoms with van der Waals surface area (Å²) in [7, 11) is 3.56. The molecule has 3 rings (SSSR count). The Morgan fingerprint density at radius 3 is 2.33 bits per heavy atom. The molecular formula is C23H27N3O4. The molecule has 7 heteroatoms. The lowest BCUT2D eigenvalue weighted by molar-refractivity contribution is -0.384. The monoisotopic (exact) mass is 409 g/mol. The Bertz CT molecular complexity index is 923. The Morgan fingerprint density at radius 1 is 1.03 bits per heavy atom. The molecule has 0 N–H and O–H groups in total. The summed E-state index contributed by atoms with van der Waals surface area (Å²) < 4.78 is 0. The Morgan fingerprint density at radius 2 is 1.70 bits per heavy atom. The summed E-state index contributed by atoms with van der Waals surface area (Å²) in [6, 6.07) is 13.0. The highest BCUT2D eigenvalue weighted by Gasteiger charge is 2.25. The van der Waals surface area contributed by atoms with Crippen molar-refractivity contribution in [2.75, 3.05) is 25.5 Å². The highest BCUT2D eigenvalue weighted by Crippen LogP contribution is 2.28. The van der Waals surface area contributed by atoms with Crippen molar-refractivity contribution in [3.63, 3.8) is 0 Å². The van der Waals surface area contributed by atoms with Crippen molar-refractivity contribution < 1.29 is 14.5 Å². The van der Waals surface area contributed by atoms with Crippen molar-refractivity contribution in [1.82, 2.24) is 4.90 Å². The van der Waals surface area contributed by atoms with Gasteiger partial charge in [0.1, 0.15) is 0 Å². The van der Waals surface area contributed by atoms with Gasteiger partial charge in [0.15, 0.2) is 5.78 Å².